The molecule has 188 valence electrons. The first-order chi connectivity index (χ1) is 17.3. The lowest BCUT2D eigenvalue weighted by atomic mass is 10.0. The van der Waals surface area contributed by atoms with Crippen molar-refractivity contribution in [3.05, 3.63) is 101 Å². The van der Waals surface area contributed by atoms with Crippen LogP contribution in [-0.2, 0) is 22.4 Å². The van der Waals surface area contributed by atoms with Crippen LogP contribution in [0, 0.1) is 0 Å². The van der Waals surface area contributed by atoms with E-state index >= 15 is 0 Å². The summed E-state index contributed by atoms with van der Waals surface area (Å²) in [5.41, 5.74) is 8.26. The van der Waals surface area contributed by atoms with Crippen molar-refractivity contribution in [1.29, 1.82) is 0 Å². The van der Waals surface area contributed by atoms with Gasteiger partial charge in [-0.25, -0.2) is 0 Å². The lowest BCUT2D eigenvalue weighted by Crippen LogP contribution is -2.49. The van der Waals surface area contributed by atoms with E-state index in [1.165, 1.54) is 12.1 Å². The average Bonchev–Trinajstić information content (AvgIpc) is 2.86. The van der Waals surface area contributed by atoms with Crippen molar-refractivity contribution in [3.8, 4) is 5.75 Å². The van der Waals surface area contributed by atoms with E-state index < -0.39 is 30.4 Å². The number of carboxylic acids is 1. The Labute approximate surface area is 214 Å². The number of nitrogens with one attached hydrogen (secondary N) is 2. The fraction of sp³-hybridized carbons (Fsp3) is 0.222. The summed E-state index contributed by atoms with van der Waals surface area (Å²) in [6.07, 6.45) is 0.760. The van der Waals surface area contributed by atoms with Gasteiger partial charge in [0, 0.05) is 17.5 Å². The number of nitrogens with two attached hydrogens (primary N) is 1. The molecule has 3 rings (SSSR count). The van der Waals surface area contributed by atoms with Gasteiger partial charge < -0.3 is 26.2 Å². The van der Waals surface area contributed by atoms with Crippen LogP contribution in [0.25, 0.3) is 0 Å². The Morgan fingerprint density at radius 3 is 2.14 bits per heavy atom. The summed E-state index contributed by atoms with van der Waals surface area (Å²) in [5, 5.41) is 14.3. The van der Waals surface area contributed by atoms with Gasteiger partial charge in [-0.3, -0.25) is 14.4 Å². The molecule has 3 aromatic carbocycles. The lowest BCUT2D eigenvalue weighted by Gasteiger charge is -2.20. The second-order valence-corrected chi connectivity index (χ2v) is 8.67. The minimum Gasteiger partial charge on any atom is -0.491 e. The van der Waals surface area contributed by atoms with Crippen molar-refractivity contribution in [2.45, 2.75) is 24.9 Å². The summed E-state index contributed by atoms with van der Waals surface area (Å²) >= 11 is 6.14. The van der Waals surface area contributed by atoms with Crippen LogP contribution in [0.15, 0.2) is 78.9 Å². The first-order valence-electron chi connectivity index (χ1n) is 11.4. The van der Waals surface area contributed by atoms with Crippen molar-refractivity contribution in [1.82, 2.24) is 10.6 Å². The number of hydrogen-bond donors (Lipinski definition) is 4. The molecule has 3 aromatic rings. The topological polar surface area (TPSA) is 131 Å². The molecule has 8 nitrogen and oxygen atoms in total. The summed E-state index contributed by atoms with van der Waals surface area (Å²) in [6.45, 7) is -0.420. The molecule has 5 N–H and O–H groups in total. The van der Waals surface area contributed by atoms with E-state index in [0.717, 1.165) is 11.1 Å². The van der Waals surface area contributed by atoms with Gasteiger partial charge in [-0.05, 0) is 35.7 Å². The first-order valence-corrected chi connectivity index (χ1v) is 11.8. The summed E-state index contributed by atoms with van der Waals surface area (Å²) in [7, 11) is 0. The van der Waals surface area contributed by atoms with E-state index in [9.17, 15) is 14.4 Å². The Bertz CT molecular complexity index is 1170. The highest BCUT2D eigenvalue weighted by atomic mass is 35.5. The summed E-state index contributed by atoms with van der Waals surface area (Å²) < 4.78 is 5.86. The third kappa shape index (κ3) is 8.41. The number of carbonyl (C=O) groups is 3. The number of ether oxygens (including phenoxy) is 1. The van der Waals surface area contributed by atoms with E-state index in [4.69, 9.17) is 27.2 Å². The maximum atomic E-state index is 13.2. The third-order valence-electron chi connectivity index (χ3n) is 5.30. The number of rotatable bonds is 12. The molecular weight excluding hydrogens is 482 g/mol. The zero-order chi connectivity index (χ0) is 25.9. The van der Waals surface area contributed by atoms with Gasteiger partial charge in [0.2, 0.25) is 5.91 Å². The molecular formula is C27H28ClN3O5. The monoisotopic (exact) mass is 509 g/mol. The van der Waals surface area contributed by atoms with Crippen LogP contribution in [0.2, 0.25) is 5.02 Å². The second-order valence-electron chi connectivity index (χ2n) is 8.23. The maximum Gasteiger partial charge on any atom is 0.322 e. The van der Waals surface area contributed by atoms with Crippen molar-refractivity contribution < 1.29 is 24.2 Å². The van der Waals surface area contributed by atoms with Crippen molar-refractivity contribution in [3.63, 3.8) is 0 Å². The standard InChI is InChI=1S/C27H28ClN3O5/c28-20-11-12-22(24(15-20)36-17-21(29)13-18-7-3-1-4-8-18)26(34)31-23(27(35)30-16-25(32)33)14-19-9-5-2-6-10-19/h1-12,15,21,23H,13-14,16-17,29H2,(H,30,35)(H,31,34)(H,32,33)/t21-,23-/m0/s1. The van der Waals surface area contributed by atoms with Crippen LogP contribution < -0.4 is 21.1 Å². The first kappa shape index (κ1) is 26.7. The van der Waals surface area contributed by atoms with Gasteiger partial charge in [0.15, 0.2) is 0 Å². The molecule has 0 aromatic heterocycles. The summed E-state index contributed by atoms with van der Waals surface area (Å²) in [5.74, 6) is -2.14. The van der Waals surface area contributed by atoms with Crippen molar-refractivity contribution in [2.24, 2.45) is 5.73 Å². The summed E-state index contributed by atoms with van der Waals surface area (Å²) in [4.78, 5) is 36.8. The van der Waals surface area contributed by atoms with Crippen LogP contribution in [0.3, 0.4) is 0 Å². The lowest BCUT2D eigenvalue weighted by molar-refractivity contribution is -0.138. The van der Waals surface area contributed by atoms with Crippen LogP contribution in [-0.4, -0.2) is 48.1 Å². The highest BCUT2D eigenvalue weighted by Gasteiger charge is 2.24. The van der Waals surface area contributed by atoms with Gasteiger partial charge in [0.1, 0.15) is 24.9 Å². The Hall–Kier alpha value is -3.88. The maximum absolute atomic E-state index is 13.2. The largest absolute Gasteiger partial charge is 0.491 e. The van der Waals surface area contributed by atoms with Gasteiger partial charge in [-0.15, -0.1) is 0 Å². The number of halogens is 1. The molecule has 2 amide bonds. The van der Waals surface area contributed by atoms with Crippen LogP contribution in [0.4, 0.5) is 0 Å². The Kier molecular flexibility index (Phi) is 9.85. The highest BCUT2D eigenvalue weighted by molar-refractivity contribution is 6.30. The van der Waals surface area contributed by atoms with Gasteiger partial charge >= 0.3 is 5.97 Å². The molecule has 0 fully saturated rings. The average molecular weight is 510 g/mol. The van der Waals surface area contributed by atoms with E-state index in [2.05, 4.69) is 10.6 Å². The fourth-order valence-electron chi connectivity index (χ4n) is 3.56. The van der Waals surface area contributed by atoms with Gasteiger partial charge in [-0.1, -0.05) is 72.3 Å². The molecule has 0 saturated heterocycles. The molecule has 0 saturated carbocycles. The predicted octanol–water partition coefficient (Wildman–Crippen LogP) is 2.83. The summed E-state index contributed by atoms with van der Waals surface area (Å²) in [6, 6.07) is 22.1. The van der Waals surface area contributed by atoms with Crippen molar-refractivity contribution in [2.75, 3.05) is 13.2 Å². The van der Waals surface area contributed by atoms with E-state index in [1.54, 1.807) is 6.07 Å². The minimum absolute atomic E-state index is 0.141. The second kappa shape index (κ2) is 13.3. The number of amides is 2. The molecule has 36 heavy (non-hydrogen) atoms. The Balaban J connectivity index is 1.72. The SMILES string of the molecule is N[C@H](COc1cc(Cl)ccc1C(=O)N[C@@H](Cc1ccccc1)C(=O)NCC(=O)O)Cc1ccccc1. The molecule has 2 atom stereocenters. The van der Waals surface area contributed by atoms with E-state index in [-0.39, 0.29) is 30.4 Å². The number of carboxylic acid groups (broad SMARTS) is 1. The van der Waals surface area contributed by atoms with E-state index in [1.807, 2.05) is 60.7 Å². The van der Waals surface area contributed by atoms with E-state index in [0.29, 0.717) is 11.4 Å². The molecule has 0 aliphatic carbocycles. The normalized spacial score (nSPS) is 12.3. The minimum atomic E-state index is -1.19. The number of aliphatic carboxylic acids is 1. The molecule has 0 spiro atoms. The Morgan fingerprint density at radius 1 is 0.917 bits per heavy atom. The van der Waals surface area contributed by atoms with Crippen LogP contribution >= 0.6 is 11.6 Å². The Morgan fingerprint density at radius 2 is 1.53 bits per heavy atom. The van der Waals surface area contributed by atoms with Gasteiger partial charge in [-0.2, -0.15) is 0 Å². The fourth-order valence-corrected chi connectivity index (χ4v) is 3.72. The molecule has 0 heterocycles. The zero-order valence-electron chi connectivity index (χ0n) is 19.5. The predicted molar refractivity (Wildman–Crippen MR) is 137 cm³/mol. The highest BCUT2D eigenvalue weighted by Crippen LogP contribution is 2.24. The molecule has 0 unspecified atom stereocenters. The third-order valence-corrected chi connectivity index (χ3v) is 5.54. The molecule has 9 heteroatoms. The van der Waals surface area contributed by atoms with Crippen molar-refractivity contribution >= 4 is 29.4 Å². The number of benzene rings is 3. The molecule has 0 bridgehead atoms. The molecule has 0 aliphatic rings. The van der Waals surface area contributed by atoms with Crippen LogP contribution in [0.5, 0.6) is 5.75 Å². The van der Waals surface area contributed by atoms with Gasteiger partial charge in [0.05, 0.1) is 5.56 Å². The molecule has 0 radical (unpaired) electrons. The molecule has 0 aliphatic heterocycles. The van der Waals surface area contributed by atoms with Crippen LogP contribution in [0.1, 0.15) is 21.5 Å². The quantitative estimate of drug-likeness (QED) is 0.297. The number of hydrogen-bond acceptors (Lipinski definition) is 5. The van der Waals surface area contributed by atoms with Gasteiger partial charge in [0.25, 0.3) is 5.91 Å². The smallest absolute Gasteiger partial charge is 0.322 e. The zero-order valence-corrected chi connectivity index (χ0v) is 20.3. The number of carbonyl (C=O) groups excluding carboxylic acids is 2.